The van der Waals surface area contributed by atoms with E-state index in [1.807, 2.05) is 37.3 Å². The second-order valence-electron chi connectivity index (χ2n) is 9.08. The number of hydrogen-bond acceptors (Lipinski definition) is 5. The first-order valence-electron chi connectivity index (χ1n) is 12.1. The van der Waals surface area contributed by atoms with E-state index in [0.717, 1.165) is 61.7 Å². The molecule has 0 saturated carbocycles. The fraction of sp³-hybridized carbons (Fsp3) is 0.538. The highest BCUT2D eigenvalue weighted by Crippen LogP contribution is 2.36. The second kappa shape index (κ2) is 10.00. The molecule has 2 aliphatic rings. The molecule has 1 unspecified atom stereocenters. The van der Waals surface area contributed by atoms with Crippen molar-refractivity contribution in [3.05, 3.63) is 53.5 Å². The van der Waals surface area contributed by atoms with Crippen molar-refractivity contribution in [3.63, 3.8) is 0 Å². The number of nitrogens with zero attached hydrogens (tertiary/aromatic N) is 2. The number of hydrogen-bond donors (Lipinski definition) is 1. The quantitative estimate of drug-likeness (QED) is 0.581. The van der Waals surface area contributed by atoms with Gasteiger partial charge in [-0.15, -0.1) is 0 Å². The number of furan rings is 1. The highest BCUT2D eigenvalue weighted by Gasteiger charge is 2.54. The van der Waals surface area contributed by atoms with Crippen LogP contribution in [0.25, 0.3) is 0 Å². The number of carbonyl (C=O) groups excluding carboxylic acids is 2. The SMILES string of the molecule is CCc1ccc(CN2CCC(C3(CC)NC(=O)N(CCc4ccc(OC)cc4)C3=O)CC2)o1. The van der Waals surface area contributed by atoms with Crippen LogP contribution in [0.1, 0.15) is 50.2 Å². The molecule has 7 nitrogen and oxygen atoms in total. The third-order valence-corrected chi connectivity index (χ3v) is 7.27. The maximum absolute atomic E-state index is 13.5. The van der Waals surface area contributed by atoms with Crippen LogP contribution in [0.3, 0.4) is 0 Å². The minimum Gasteiger partial charge on any atom is -0.497 e. The van der Waals surface area contributed by atoms with E-state index >= 15 is 0 Å². The maximum atomic E-state index is 13.5. The summed E-state index contributed by atoms with van der Waals surface area (Å²) in [6.45, 7) is 7.06. The van der Waals surface area contributed by atoms with Crippen LogP contribution in [-0.4, -0.2) is 54.0 Å². The summed E-state index contributed by atoms with van der Waals surface area (Å²) in [5.41, 5.74) is 0.284. The van der Waals surface area contributed by atoms with Crippen molar-refractivity contribution in [2.75, 3.05) is 26.7 Å². The zero-order valence-corrected chi connectivity index (χ0v) is 19.9. The minimum atomic E-state index is -0.789. The van der Waals surface area contributed by atoms with E-state index in [-0.39, 0.29) is 17.9 Å². The number of urea groups is 1. The summed E-state index contributed by atoms with van der Waals surface area (Å²) in [5.74, 6) is 2.87. The number of benzene rings is 1. The van der Waals surface area contributed by atoms with Gasteiger partial charge in [-0.25, -0.2) is 4.79 Å². The molecule has 0 aliphatic carbocycles. The highest BCUT2D eigenvalue weighted by molar-refractivity contribution is 6.07. The Labute approximate surface area is 196 Å². The number of methoxy groups -OCH3 is 1. The van der Waals surface area contributed by atoms with Crippen molar-refractivity contribution in [1.29, 1.82) is 0 Å². The van der Waals surface area contributed by atoms with E-state index in [4.69, 9.17) is 9.15 Å². The largest absolute Gasteiger partial charge is 0.497 e. The first-order chi connectivity index (χ1) is 16.0. The van der Waals surface area contributed by atoms with Crippen LogP contribution in [0.15, 0.2) is 40.8 Å². The molecule has 2 aromatic rings. The van der Waals surface area contributed by atoms with Crippen LogP contribution < -0.4 is 10.1 Å². The molecule has 3 amide bonds. The summed E-state index contributed by atoms with van der Waals surface area (Å²) in [6.07, 6.45) is 3.91. The lowest BCUT2D eigenvalue weighted by Gasteiger charge is -2.40. The molecule has 4 rings (SSSR count). The number of carbonyl (C=O) groups is 2. The first kappa shape index (κ1) is 23.4. The van der Waals surface area contributed by atoms with Gasteiger partial charge in [-0.05, 0) is 74.5 Å². The van der Waals surface area contributed by atoms with Gasteiger partial charge in [-0.2, -0.15) is 0 Å². The van der Waals surface area contributed by atoms with Crippen molar-refractivity contribution in [2.24, 2.45) is 5.92 Å². The summed E-state index contributed by atoms with van der Waals surface area (Å²) in [6, 6.07) is 11.6. The Morgan fingerprint density at radius 1 is 1.06 bits per heavy atom. The van der Waals surface area contributed by atoms with Gasteiger partial charge < -0.3 is 14.5 Å². The number of likely N-dealkylation sites (tertiary alicyclic amines) is 1. The van der Waals surface area contributed by atoms with Gasteiger partial charge in [0.25, 0.3) is 5.91 Å². The van der Waals surface area contributed by atoms with E-state index in [9.17, 15) is 9.59 Å². The number of rotatable bonds is 9. The molecule has 2 saturated heterocycles. The summed E-state index contributed by atoms with van der Waals surface area (Å²) in [4.78, 5) is 30.1. The number of piperidine rings is 1. The summed E-state index contributed by atoms with van der Waals surface area (Å²) >= 11 is 0. The topological polar surface area (TPSA) is 75.0 Å². The summed E-state index contributed by atoms with van der Waals surface area (Å²) < 4.78 is 11.1. The van der Waals surface area contributed by atoms with Gasteiger partial charge in [-0.3, -0.25) is 14.6 Å². The fourth-order valence-electron chi connectivity index (χ4n) is 5.19. The minimum absolute atomic E-state index is 0.0689. The Bertz CT molecular complexity index is 962. The zero-order valence-electron chi connectivity index (χ0n) is 19.9. The Balaban J connectivity index is 1.36. The third-order valence-electron chi connectivity index (χ3n) is 7.27. The Hall–Kier alpha value is -2.80. The number of ether oxygens (including phenoxy) is 1. The van der Waals surface area contributed by atoms with Crippen molar-refractivity contribution in [1.82, 2.24) is 15.1 Å². The van der Waals surface area contributed by atoms with Crippen LogP contribution in [0.4, 0.5) is 4.79 Å². The average molecular weight is 454 g/mol. The molecule has 1 aromatic carbocycles. The molecular formula is C26H35N3O4. The molecule has 2 aliphatic heterocycles. The summed E-state index contributed by atoms with van der Waals surface area (Å²) in [5, 5.41) is 3.10. The van der Waals surface area contributed by atoms with Crippen molar-refractivity contribution in [2.45, 2.75) is 58.0 Å². The molecule has 7 heteroatoms. The van der Waals surface area contributed by atoms with Crippen LogP contribution in [0.2, 0.25) is 0 Å². The Morgan fingerprint density at radius 3 is 2.36 bits per heavy atom. The smallest absolute Gasteiger partial charge is 0.325 e. The van der Waals surface area contributed by atoms with Crippen molar-refractivity contribution < 1.29 is 18.7 Å². The molecule has 0 spiro atoms. The second-order valence-corrected chi connectivity index (χ2v) is 9.08. The zero-order chi connectivity index (χ0) is 23.4. The molecule has 1 N–H and O–H groups in total. The van der Waals surface area contributed by atoms with Gasteiger partial charge in [0.05, 0.1) is 13.7 Å². The normalized spacial score (nSPS) is 22.1. The Kier molecular flexibility index (Phi) is 7.08. The molecule has 1 atom stereocenters. The Morgan fingerprint density at radius 2 is 1.76 bits per heavy atom. The molecular weight excluding hydrogens is 418 g/mol. The van der Waals surface area contributed by atoms with Gasteiger partial charge >= 0.3 is 6.03 Å². The van der Waals surface area contributed by atoms with Crippen molar-refractivity contribution >= 4 is 11.9 Å². The molecule has 3 heterocycles. The van der Waals surface area contributed by atoms with E-state index in [1.165, 1.54) is 4.90 Å². The predicted molar refractivity (Wildman–Crippen MR) is 126 cm³/mol. The first-order valence-corrected chi connectivity index (χ1v) is 12.1. The number of imide groups is 1. The van der Waals surface area contributed by atoms with Gasteiger partial charge in [-0.1, -0.05) is 26.0 Å². The van der Waals surface area contributed by atoms with E-state index in [2.05, 4.69) is 23.2 Å². The number of nitrogens with one attached hydrogen (secondary N) is 1. The van der Waals surface area contributed by atoms with E-state index in [0.29, 0.717) is 19.4 Å². The molecule has 2 fully saturated rings. The number of aryl methyl sites for hydroxylation is 1. The third kappa shape index (κ3) is 4.78. The predicted octanol–water partition coefficient (Wildman–Crippen LogP) is 4.01. The lowest BCUT2D eigenvalue weighted by Crippen LogP contribution is -2.55. The van der Waals surface area contributed by atoms with Gasteiger partial charge in [0.2, 0.25) is 0 Å². The molecule has 1 aromatic heterocycles. The fourth-order valence-corrected chi connectivity index (χ4v) is 5.19. The van der Waals surface area contributed by atoms with Gasteiger partial charge in [0.1, 0.15) is 22.8 Å². The van der Waals surface area contributed by atoms with Crippen LogP contribution >= 0.6 is 0 Å². The molecule has 0 bridgehead atoms. The van der Waals surface area contributed by atoms with Crippen LogP contribution in [0, 0.1) is 5.92 Å². The average Bonchev–Trinajstić information content (AvgIpc) is 3.40. The van der Waals surface area contributed by atoms with Gasteiger partial charge in [0.15, 0.2) is 0 Å². The number of amides is 3. The van der Waals surface area contributed by atoms with E-state index < -0.39 is 5.54 Å². The highest BCUT2D eigenvalue weighted by atomic mass is 16.5. The van der Waals surface area contributed by atoms with Crippen LogP contribution in [0.5, 0.6) is 5.75 Å². The standard InChI is InChI=1S/C26H35N3O4/c1-4-21-10-11-23(33-21)18-28-15-13-20(14-16-28)26(5-2)24(30)29(25(31)27-26)17-12-19-6-8-22(32-3)9-7-19/h6-11,20H,4-5,12-18H2,1-3H3,(H,27,31). The van der Waals surface area contributed by atoms with Crippen LogP contribution in [-0.2, 0) is 24.2 Å². The molecule has 33 heavy (non-hydrogen) atoms. The monoisotopic (exact) mass is 453 g/mol. The van der Waals surface area contributed by atoms with Crippen molar-refractivity contribution in [3.8, 4) is 5.75 Å². The summed E-state index contributed by atoms with van der Waals surface area (Å²) in [7, 11) is 1.64. The lowest BCUT2D eigenvalue weighted by molar-refractivity contribution is -0.134. The van der Waals surface area contributed by atoms with E-state index in [1.54, 1.807) is 7.11 Å². The van der Waals surface area contributed by atoms with Gasteiger partial charge in [0, 0.05) is 13.0 Å². The lowest BCUT2D eigenvalue weighted by atomic mass is 9.75. The molecule has 178 valence electrons. The molecule has 0 radical (unpaired) electrons. The maximum Gasteiger partial charge on any atom is 0.325 e.